The van der Waals surface area contributed by atoms with Crippen molar-refractivity contribution in [1.29, 1.82) is 0 Å². The maximum absolute atomic E-state index is 11.8. The normalized spacial score (nSPS) is 26.4. The lowest BCUT2D eigenvalue weighted by Crippen LogP contribution is -2.47. The van der Waals surface area contributed by atoms with Crippen molar-refractivity contribution >= 4 is 6.03 Å². The van der Waals surface area contributed by atoms with E-state index in [1.165, 1.54) is 0 Å². The molecule has 4 N–H and O–H groups in total. The summed E-state index contributed by atoms with van der Waals surface area (Å²) in [5, 5.41) is 4.74. The van der Waals surface area contributed by atoms with Gasteiger partial charge in [0.25, 0.3) is 6.43 Å². The lowest BCUT2D eigenvalue weighted by molar-refractivity contribution is 0.145. The molecule has 2 atom stereocenters. The molecule has 1 fully saturated rings. The van der Waals surface area contributed by atoms with Gasteiger partial charge < -0.3 is 16.4 Å². The molecule has 1 aliphatic rings. The highest BCUT2D eigenvalue weighted by molar-refractivity contribution is 5.74. The van der Waals surface area contributed by atoms with Gasteiger partial charge in [-0.15, -0.1) is 0 Å². The maximum Gasteiger partial charge on any atom is 0.315 e. The highest BCUT2D eigenvalue weighted by atomic mass is 19.3. The topological polar surface area (TPSA) is 67.1 Å². The SMILES string of the molecule is NC1CCCC(NC(=O)NCC(F)F)C1. The van der Waals surface area contributed by atoms with E-state index >= 15 is 0 Å². The molecule has 1 saturated carbocycles. The first-order chi connectivity index (χ1) is 7.08. The van der Waals surface area contributed by atoms with E-state index in [2.05, 4.69) is 10.6 Å². The van der Waals surface area contributed by atoms with Crippen LogP contribution in [0.2, 0.25) is 0 Å². The Morgan fingerprint density at radius 1 is 1.47 bits per heavy atom. The second-order valence-corrected chi connectivity index (χ2v) is 3.87. The summed E-state index contributed by atoms with van der Waals surface area (Å²) in [5.74, 6) is 0. The van der Waals surface area contributed by atoms with E-state index in [-0.39, 0.29) is 12.1 Å². The molecule has 0 aliphatic heterocycles. The van der Waals surface area contributed by atoms with Gasteiger partial charge in [0.1, 0.15) is 0 Å². The summed E-state index contributed by atoms with van der Waals surface area (Å²) in [6, 6.07) is -0.403. The van der Waals surface area contributed by atoms with Gasteiger partial charge in [-0.2, -0.15) is 0 Å². The van der Waals surface area contributed by atoms with Crippen LogP contribution in [-0.4, -0.2) is 31.1 Å². The van der Waals surface area contributed by atoms with Crippen LogP contribution in [0.4, 0.5) is 13.6 Å². The highest BCUT2D eigenvalue weighted by Crippen LogP contribution is 2.16. The van der Waals surface area contributed by atoms with Crippen molar-refractivity contribution < 1.29 is 13.6 Å². The number of hydrogen-bond acceptors (Lipinski definition) is 2. The molecular weight excluding hydrogens is 204 g/mol. The van der Waals surface area contributed by atoms with Gasteiger partial charge in [0, 0.05) is 12.1 Å². The van der Waals surface area contributed by atoms with Gasteiger partial charge in [0.05, 0.1) is 6.54 Å². The van der Waals surface area contributed by atoms with Gasteiger partial charge in [-0.3, -0.25) is 0 Å². The molecule has 1 aliphatic carbocycles. The Balaban J connectivity index is 2.19. The number of urea groups is 1. The Kier molecular flexibility index (Phi) is 4.74. The minimum atomic E-state index is -2.51. The zero-order chi connectivity index (χ0) is 11.3. The molecule has 2 unspecified atom stereocenters. The van der Waals surface area contributed by atoms with E-state index < -0.39 is 19.0 Å². The van der Waals surface area contributed by atoms with Crippen molar-refractivity contribution in [3.05, 3.63) is 0 Å². The first-order valence-corrected chi connectivity index (χ1v) is 5.16. The Hall–Kier alpha value is -0.910. The van der Waals surface area contributed by atoms with Crippen molar-refractivity contribution in [3.8, 4) is 0 Å². The lowest BCUT2D eigenvalue weighted by atomic mass is 9.92. The van der Waals surface area contributed by atoms with Crippen LogP contribution in [0.25, 0.3) is 0 Å². The predicted octanol–water partition coefficient (Wildman–Crippen LogP) is 0.821. The smallest absolute Gasteiger partial charge is 0.315 e. The first-order valence-electron chi connectivity index (χ1n) is 5.16. The molecule has 0 heterocycles. The maximum atomic E-state index is 11.8. The number of amides is 2. The molecule has 88 valence electrons. The minimum absolute atomic E-state index is 0.0198. The molecule has 0 radical (unpaired) electrons. The van der Waals surface area contributed by atoms with Gasteiger partial charge in [-0.1, -0.05) is 0 Å². The molecule has 0 spiro atoms. The van der Waals surface area contributed by atoms with E-state index in [0.717, 1.165) is 25.7 Å². The summed E-state index contributed by atoms with van der Waals surface area (Å²) in [6.45, 7) is -0.607. The molecule has 0 saturated heterocycles. The number of rotatable bonds is 3. The zero-order valence-electron chi connectivity index (χ0n) is 8.51. The molecule has 6 heteroatoms. The number of nitrogens with two attached hydrogens (primary N) is 1. The summed E-state index contributed by atoms with van der Waals surface area (Å²) in [4.78, 5) is 11.1. The molecule has 1 rings (SSSR count). The Morgan fingerprint density at radius 2 is 2.20 bits per heavy atom. The van der Waals surface area contributed by atoms with Crippen molar-refractivity contribution in [3.63, 3.8) is 0 Å². The molecule has 4 nitrogen and oxygen atoms in total. The highest BCUT2D eigenvalue weighted by Gasteiger charge is 2.20. The average Bonchev–Trinajstić information content (AvgIpc) is 2.15. The van der Waals surface area contributed by atoms with E-state index in [4.69, 9.17) is 5.73 Å². The number of carbonyl (C=O) groups excluding carboxylic acids is 1. The van der Waals surface area contributed by atoms with Crippen molar-refractivity contribution in [2.24, 2.45) is 5.73 Å². The molecule has 2 amide bonds. The third kappa shape index (κ3) is 4.92. The van der Waals surface area contributed by atoms with Crippen LogP contribution in [0.15, 0.2) is 0 Å². The fourth-order valence-electron chi connectivity index (χ4n) is 1.76. The number of nitrogens with one attached hydrogen (secondary N) is 2. The predicted molar refractivity (Wildman–Crippen MR) is 52.8 cm³/mol. The zero-order valence-corrected chi connectivity index (χ0v) is 8.51. The van der Waals surface area contributed by atoms with Gasteiger partial charge in [0.15, 0.2) is 0 Å². The van der Waals surface area contributed by atoms with E-state index in [1.807, 2.05) is 0 Å². The number of hydrogen-bond donors (Lipinski definition) is 3. The molecule has 15 heavy (non-hydrogen) atoms. The Labute approximate surface area is 87.6 Å². The lowest BCUT2D eigenvalue weighted by Gasteiger charge is -2.27. The Morgan fingerprint density at radius 3 is 2.80 bits per heavy atom. The van der Waals surface area contributed by atoms with Crippen LogP contribution in [0.1, 0.15) is 25.7 Å². The van der Waals surface area contributed by atoms with Crippen LogP contribution >= 0.6 is 0 Å². The van der Waals surface area contributed by atoms with Crippen LogP contribution in [-0.2, 0) is 0 Å². The minimum Gasteiger partial charge on any atom is -0.335 e. The van der Waals surface area contributed by atoms with Crippen LogP contribution in [0, 0.1) is 0 Å². The van der Waals surface area contributed by atoms with Crippen LogP contribution < -0.4 is 16.4 Å². The van der Waals surface area contributed by atoms with Gasteiger partial charge >= 0.3 is 6.03 Å². The van der Waals surface area contributed by atoms with Gasteiger partial charge in [-0.05, 0) is 25.7 Å². The average molecular weight is 221 g/mol. The molecular formula is C9H17F2N3O. The second kappa shape index (κ2) is 5.85. The van der Waals surface area contributed by atoms with Gasteiger partial charge in [-0.25, -0.2) is 13.6 Å². The Bertz CT molecular complexity index is 214. The third-order valence-corrected chi connectivity index (χ3v) is 2.47. The monoisotopic (exact) mass is 221 g/mol. The third-order valence-electron chi connectivity index (χ3n) is 2.47. The quantitative estimate of drug-likeness (QED) is 0.660. The fraction of sp³-hybridized carbons (Fsp3) is 0.889. The summed E-state index contributed by atoms with van der Waals surface area (Å²) in [7, 11) is 0. The molecule has 0 aromatic carbocycles. The summed E-state index contributed by atoms with van der Waals surface area (Å²) < 4.78 is 23.5. The van der Waals surface area contributed by atoms with E-state index in [9.17, 15) is 13.6 Å². The van der Waals surface area contributed by atoms with Crippen LogP contribution in [0.5, 0.6) is 0 Å². The van der Waals surface area contributed by atoms with E-state index in [0.29, 0.717) is 0 Å². The number of halogens is 2. The van der Waals surface area contributed by atoms with E-state index in [1.54, 1.807) is 0 Å². The molecule has 0 aromatic rings. The molecule has 0 bridgehead atoms. The second-order valence-electron chi connectivity index (χ2n) is 3.87. The number of alkyl halides is 2. The summed E-state index contributed by atoms with van der Waals surface area (Å²) >= 11 is 0. The summed E-state index contributed by atoms with van der Waals surface area (Å²) in [6.07, 6.45) is 1.03. The van der Waals surface area contributed by atoms with Crippen molar-refractivity contribution in [2.75, 3.05) is 6.54 Å². The molecule has 0 aromatic heterocycles. The van der Waals surface area contributed by atoms with Crippen molar-refractivity contribution in [1.82, 2.24) is 10.6 Å². The van der Waals surface area contributed by atoms with Crippen molar-refractivity contribution in [2.45, 2.75) is 44.2 Å². The van der Waals surface area contributed by atoms with Gasteiger partial charge in [0.2, 0.25) is 0 Å². The standard InChI is InChI=1S/C9H17F2N3O/c10-8(11)5-13-9(15)14-7-3-1-2-6(12)4-7/h6-8H,1-5,12H2,(H2,13,14,15). The summed E-state index contributed by atoms with van der Waals surface area (Å²) in [5.41, 5.74) is 5.73. The fourth-order valence-corrected chi connectivity index (χ4v) is 1.76. The number of carbonyl (C=O) groups is 1. The largest absolute Gasteiger partial charge is 0.335 e. The van der Waals surface area contributed by atoms with Crippen LogP contribution in [0.3, 0.4) is 0 Å². The first kappa shape index (κ1) is 12.2.